The lowest BCUT2D eigenvalue weighted by Gasteiger charge is -2.23. The SMILES string of the molecule is CC1(C(=O)O)NCC(O)C1O. The summed E-state index contributed by atoms with van der Waals surface area (Å²) in [6.07, 6.45) is -2.23. The van der Waals surface area contributed by atoms with E-state index in [1.165, 1.54) is 6.92 Å². The number of carbonyl (C=O) groups is 1. The van der Waals surface area contributed by atoms with E-state index < -0.39 is 23.7 Å². The van der Waals surface area contributed by atoms with E-state index >= 15 is 0 Å². The van der Waals surface area contributed by atoms with Crippen LogP contribution in [0.4, 0.5) is 0 Å². The van der Waals surface area contributed by atoms with Crippen molar-refractivity contribution < 1.29 is 20.1 Å². The van der Waals surface area contributed by atoms with E-state index in [1.807, 2.05) is 0 Å². The van der Waals surface area contributed by atoms with E-state index in [0.717, 1.165) is 0 Å². The molecule has 1 rings (SSSR count). The number of hydrogen-bond acceptors (Lipinski definition) is 4. The summed E-state index contributed by atoms with van der Waals surface area (Å²) < 4.78 is 0. The van der Waals surface area contributed by atoms with Crippen molar-refractivity contribution >= 4 is 5.97 Å². The second-order valence-corrected chi connectivity index (χ2v) is 2.90. The Morgan fingerprint density at radius 2 is 2.18 bits per heavy atom. The van der Waals surface area contributed by atoms with Crippen LogP contribution in [-0.2, 0) is 4.79 Å². The zero-order chi connectivity index (χ0) is 8.65. The number of aliphatic carboxylic acids is 1. The number of hydrogen-bond donors (Lipinski definition) is 4. The summed E-state index contributed by atoms with van der Waals surface area (Å²) in [5.41, 5.74) is -1.40. The Hall–Kier alpha value is -0.650. The van der Waals surface area contributed by atoms with Gasteiger partial charge in [-0.05, 0) is 6.92 Å². The molecule has 0 bridgehead atoms. The molecule has 0 aromatic rings. The van der Waals surface area contributed by atoms with Gasteiger partial charge in [-0.1, -0.05) is 0 Å². The maximum Gasteiger partial charge on any atom is 0.326 e. The Labute approximate surface area is 63.7 Å². The molecule has 1 fully saturated rings. The molecule has 0 aliphatic carbocycles. The van der Waals surface area contributed by atoms with E-state index in [9.17, 15) is 9.90 Å². The van der Waals surface area contributed by atoms with Crippen molar-refractivity contribution in [3.8, 4) is 0 Å². The third-order valence-electron chi connectivity index (χ3n) is 2.08. The summed E-state index contributed by atoms with van der Waals surface area (Å²) in [5.74, 6) is -1.15. The third kappa shape index (κ3) is 1.11. The van der Waals surface area contributed by atoms with Crippen LogP contribution < -0.4 is 5.32 Å². The molecule has 1 aliphatic rings. The lowest BCUT2D eigenvalue weighted by atomic mass is 9.96. The Morgan fingerprint density at radius 1 is 1.64 bits per heavy atom. The van der Waals surface area contributed by atoms with Gasteiger partial charge in [0, 0.05) is 6.54 Å². The molecule has 1 saturated heterocycles. The molecule has 0 spiro atoms. The Bertz CT molecular complexity index is 183. The lowest BCUT2D eigenvalue weighted by molar-refractivity contribution is -0.148. The number of aliphatic hydroxyl groups excluding tert-OH is 2. The molecule has 0 aromatic carbocycles. The topological polar surface area (TPSA) is 89.8 Å². The minimum Gasteiger partial charge on any atom is -0.480 e. The highest BCUT2D eigenvalue weighted by Gasteiger charge is 2.49. The first-order chi connectivity index (χ1) is 4.98. The highest BCUT2D eigenvalue weighted by Crippen LogP contribution is 2.19. The van der Waals surface area contributed by atoms with Crippen LogP contribution in [-0.4, -0.2) is 45.6 Å². The number of carboxylic acids is 1. The van der Waals surface area contributed by atoms with Crippen LogP contribution >= 0.6 is 0 Å². The highest BCUT2D eigenvalue weighted by molar-refractivity contribution is 5.79. The van der Waals surface area contributed by atoms with Crippen molar-refractivity contribution in [1.29, 1.82) is 0 Å². The van der Waals surface area contributed by atoms with Crippen LogP contribution in [0.5, 0.6) is 0 Å². The Kier molecular flexibility index (Phi) is 1.87. The Morgan fingerprint density at radius 3 is 2.36 bits per heavy atom. The van der Waals surface area contributed by atoms with Crippen molar-refractivity contribution in [1.82, 2.24) is 5.32 Å². The van der Waals surface area contributed by atoms with E-state index in [0.29, 0.717) is 0 Å². The molecular formula is C6H11NO4. The minimum absolute atomic E-state index is 0.115. The maximum absolute atomic E-state index is 10.5. The first kappa shape index (κ1) is 8.45. The molecule has 0 amide bonds. The average molecular weight is 161 g/mol. The van der Waals surface area contributed by atoms with Gasteiger partial charge in [0.15, 0.2) is 0 Å². The Balaban J connectivity index is 2.81. The van der Waals surface area contributed by atoms with Crippen molar-refractivity contribution in [3.63, 3.8) is 0 Å². The van der Waals surface area contributed by atoms with Gasteiger partial charge >= 0.3 is 5.97 Å². The standard InChI is InChI=1S/C6H11NO4/c1-6(5(10)11)4(9)3(8)2-7-6/h3-4,7-9H,2H2,1H3,(H,10,11). The van der Waals surface area contributed by atoms with Gasteiger partial charge in [0.25, 0.3) is 0 Å². The molecule has 1 aliphatic heterocycles. The summed E-state index contributed by atoms with van der Waals surface area (Å²) in [5, 5.41) is 29.4. The van der Waals surface area contributed by atoms with E-state index in [1.54, 1.807) is 0 Å². The quantitative estimate of drug-likeness (QED) is 0.362. The predicted molar refractivity (Wildman–Crippen MR) is 36.1 cm³/mol. The van der Waals surface area contributed by atoms with Crippen LogP contribution in [0.15, 0.2) is 0 Å². The summed E-state index contributed by atoms with van der Waals surface area (Å²) in [4.78, 5) is 10.5. The molecular weight excluding hydrogens is 150 g/mol. The maximum atomic E-state index is 10.5. The molecule has 3 atom stereocenters. The molecule has 4 N–H and O–H groups in total. The number of β-amino-alcohol motifs (C(OH)–C–C–N with tert-alkyl or cyclic N) is 1. The van der Waals surface area contributed by atoms with E-state index in [-0.39, 0.29) is 6.54 Å². The zero-order valence-electron chi connectivity index (χ0n) is 6.11. The first-order valence-electron chi connectivity index (χ1n) is 3.33. The van der Waals surface area contributed by atoms with Gasteiger partial charge in [0.05, 0.1) is 6.10 Å². The van der Waals surface area contributed by atoms with Gasteiger partial charge in [-0.15, -0.1) is 0 Å². The van der Waals surface area contributed by atoms with Gasteiger partial charge in [0.1, 0.15) is 11.6 Å². The second kappa shape index (κ2) is 2.44. The minimum atomic E-state index is -1.40. The molecule has 64 valence electrons. The highest BCUT2D eigenvalue weighted by atomic mass is 16.4. The molecule has 0 saturated carbocycles. The van der Waals surface area contributed by atoms with Gasteiger partial charge in [-0.25, -0.2) is 0 Å². The fraction of sp³-hybridized carbons (Fsp3) is 0.833. The predicted octanol–water partition coefficient (Wildman–Crippen LogP) is -1.85. The fourth-order valence-corrected chi connectivity index (χ4v) is 1.12. The van der Waals surface area contributed by atoms with Crippen molar-refractivity contribution in [3.05, 3.63) is 0 Å². The van der Waals surface area contributed by atoms with Gasteiger partial charge in [-0.3, -0.25) is 10.1 Å². The van der Waals surface area contributed by atoms with Crippen molar-refractivity contribution in [2.45, 2.75) is 24.7 Å². The number of aliphatic hydroxyl groups is 2. The smallest absolute Gasteiger partial charge is 0.326 e. The van der Waals surface area contributed by atoms with Crippen molar-refractivity contribution in [2.24, 2.45) is 0 Å². The molecule has 5 heteroatoms. The van der Waals surface area contributed by atoms with E-state index in [2.05, 4.69) is 5.32 Å². The molecule has 5 nitrogen and oxygen atoms in total. The lowest BCUT2D eigenvalue weighted by Crippen LogP contribution is -2.53. The monoisotopic (exact) mass is 161 g/mol. The third-order valence-corrected chi connectivity index (χ3v) is 2.08. The van der Waals surface area contributed by atoms with Gasteiger partial charge in [-0.2, -0.15) is 0 Å². The molecule has 3 unspecified atom stereocenters. The second-order valence-electron chi connectivity index (χ2n) is 2.90. The first-order valence-corrected chi connectivity index (χ1v) is 3.33. The normalized spacial score (nSPS) is 44.3. The summed E-state index contributed by atoms with van der Waals surface area (Å²) in [6, 6.07) is 0. The number of nitrogens with one attached hydrogen (secondary N) is 1. The van der Waals surface area contributed by atoms with E-state index in [4.69, 9.17) is 10.2 Å². The van der Waals surface area contributed by atoms with Crippen LogP contribution in [0.25, 0.3) is 0 Å². The van der Waals surface area contributed by atoms with Crippen molar-refractivity contribution in [2.75, 3.05) is 6.54 Å². The van der Waals surface area contributed by atoms with Crippen LogP contribution in [0, 0.1) is 0 Å². The largest absolute Gasteiger partial charge is 0.480 e. The van der Waals surface area contributed by atoms with Crippen LogP contribution in [0.3, 0.4) is 0 Å². The molecule has 0 aromatic heterocycles. The summed E-state index contributed by atoms with van der Waals surface area (Å²) in [6.45, 7) is 1.46. The molecule has 0 radical (unpaired) electrons. The van der Waals surface area contributed by atoms with Gasteiger partial charge < -0.3 is 15.3 Å². The molecule has 11 heavy (non-hydrogen) atoms. The average Bonchev–Trinajstić information content (AvgIpc) is 2.18. The zero-order valence-corrected chi connectivity index (χ0v) is 6.11. The fourth-order valence-electron chi connectivity index (χ4n) is 1.12. The van der Waals surface area contributed by atoms with Crippen LogP contribution in [0.2, 0.25) is 0 Å². The molecule has 1 heterocycles. The van der Waals surface area contributed by atoms with Gasteiger partial charge in [0.2, 0.25) is 0 Å². The number of rotatable bonds is 1. The summed E-state index contributed by atoms with van der Waals surface area (Å²) >= 11 is 0. The van der Waals surface area contributed by atoms with Crippen LogP contribution in [0.1, 0.15) is 6.92 Å². The number of carboxylic acid groups (broad SMARTS) is 1. The summed E-state index contributed by atoms with van der Waals surface area (Å²) in [7, 11) is 0.